The summed E-state index contributed by atoms with van der Waals surface area (Å²) in [5.41, 5.74) is 0.921. The van der Waals surface area contributed by atoms with Crippen molar-refractivity contribution in [1.29, 1.82) is 0 Å². The summed E-state index contributed by atoms with van der Waals surface area (Å²) in [5.74, 6) is 0.955. The number of hydrogen-bond acceptors (Lipinski definition) is 4. The van der Waals surface area contributed by atoms with Gasteiger partial charge >= 0.3 is 0 Å². The normalized spacial score (nSPS) is 17.6. The lowest BCUT2D eigenvalue weighted by atomic mass is 10.2. The van der Waals surface area contributed by atoms with Crippen LogP contribution >= 0.6 is 0 Å². The van der Waals surface area contributed by atoms with Crippen LogP contribution in [0.2, 0.25) is 0 Å². The molecule has 1 unspecified atom stereocenters. The molecule has 0 aliphatic carbocycles. The second-order valence-corrected chi connectivity index (χ2v) is 5.11. The molecule has 5 heteroatoms. The highest BCUT2D eigenvalue weighted by Crippen LogP contribution is 2.15. The van der Waals surface area contributed by atoms with Crippen molar-refractivity contribution in [3.63, 3.8) is 0 Å². The number of likely N-dealkylation sites (tertiary alicyclic amines) is 1. The van der Waals surface area contributed by atoms with E-state index in [9.17, 15) is 4.79 Å². The van der Waals surface area contributed by atoms with Gasteiger partial charge in [-0.3, -0.25) is 4.79 Å². The number of methoxy groups -OCH3 is 1. The van der Waals surface area contributed by atoms with Gasteiger partial charge in [0, 0.05) is 13.0 Å². The summed E-state index contributed by atoms with van der Waals surface area (Å²) in [6.07, 6.45) is 5.02. The first-order valence-corrected chi connectivity index (χ1v) is 7.33. The molecular formula is C16H22N2O3. The molecule has 0 spiro atoms. The molecule has 1 aromatic rings. The van der Waals surface area contributed by atoms with Gasteiger partial charge in [-0.05, 0) is 49.6 Å². The van der Waals surface area contributed by atoms with Crippen molar-refractivity contribution in [3.8, 4) is 5.75 Å². The van der Waals surface area contributed by atoms with E-state index in [1.807, 2.05) is 31.2 Å². The SMILES string of the molecule is COc1ccc(/C=N/OC(C)N2CCCCCC2=O)cc1. The molecule has 1 aromatic carbocycles. The molecule has 2 rings (SSSR count). The maximum Gasteiger partial charge on any atom is 0.225 e. The van der Waals surface area contributed by atoms with Gasteiger partial charge in [-0.25, -0.2) is 0 Å². The van der Waals surface area contributed by atoms with Crippen LogP contribution in [0.15, 0.2) is 29.4 Å². The second-order valence-electron chi connectivity index (χ2n) is 5.11. The van der Waals surface area contributed by atoms with Gasteiger partial charge in [0.2, 0.25) is 5.91 Å². The zero-order chi connectivity index (χ0) is 15.1. The van der Waals surface area contributed by atoms with Gasteiger partial charge in [0.25, 0.3) is 0 Å². The summed E-state index contributed by atoms with van der Waals surface area (Å²) in [5, 5.41) is 3.98. The fourth-order valence-electron chi connectivity index (χ4n) is 2.31. The Morgan fingerprint density at radius 2 is 2.00 bits per heavy atom. The number of amides is 1. The highest BCUT2D eigenvalue weighted by atomic mass is 16.6. The Labute approximate surface area is 125 Å². The van der Waals surface area contributed by atoms with Crippen molar-refractivity contribution in [1.82, 2.24) is 4.90 Å². The zero-order valence-corrected chi connectivity index (χ0v) is 12.6. The standard InChI is InChI=1S/C16H22N2O3/c1-13(18-11-5-3-4-6-16(18)19)21-17-12-14-7-9-15(20-2)10-8-14/h7-10,12-13H,3-6,11H2,1-2H3/b17-12+. The Balaban J connectivity index is 1.88. The molecule has 1 heterocycles. The number of oxime groups is 1. The fraction of sp³-hybridized carbons (Fsp3) is 0.500. The Kier molecular flexibility index (Phi) is 5.60. The molecular weight excluding hydrogens is 268 g/mol. The van der Waals surface area contributed by atoms with Gasteiger partial charge in [-0.1, -0.05) is 11.6 Å². The third kappa shape index (κ3) is 4.48. The molecule has 1 saturated heterocycles. The van der Waals surface area contributed by atoms with E-state index in [0.717, 1.165) is 37.1 Å². The monoisotopic (exact) mass is 290 g/mol. The van der Waals surface area contributed by atoms with E-state index >= 15 is 0 Å². The third-order valence-corrected chi connectivity index (χ3v) is 3.58. The fourth-order valence-corrected chi connectivity index (χ4v) is 2.31. The van der Waals surface area contributed by atoms with Gasteiger partial charge < -0.3 is 14.5 Å². The zero-order valence-electron chi connectivity index (χ0n) is 12.6. The van der Waals surface area contributed by atoms with Crippen LogP contribution in [-0.2, 0) is 9.63 Å². The maximum atomic E-state index is 11.9. The summed E-state index contributed by atoms with van der Waals surface area (Å²) < 4.78 is 5.09. The lowest BCUT2D eigenvalue weighted by Gasteiger charge is -2.25. The van der Waals surface area contributed by atoms with Crippen LogP contribution in [0, 0.1) is 0 Å². The Hall–Kier alpha value is -2.04. The van der Waals surface area contributed by atoms with E-state index in [-0.39, 0.29) is 12.1 Å². The molecule has 0 aromatic heterocycles. The van der Waals surface area contributed by atoms with E-state index in [2.05, 4.69) is 5.16 Å². The number of ether oxygens (including phenoxy) is 1. The van der Waals surface area contributed by atoms with Crippen molar-refractivity contribution in [2.24, 2.45) is 5.16 Å². The number of benzene rings is 1. The van der Waals surface area contributed by atoms with Crippen molar-refractivity contribution in [3.05, 3.63) is 29.8 Å². The minimum atomic E-state index is -0.329. The van der Waals surface area contributed by atoms with E-state index in [4.69, 9.17) is 9.57 Å². The van der Waals surface area contributed by atoms with Crippen molar-refractivity contribution < 1.29 is 14.4 Å². The highest BCUT2D eigenvalue weighted by molar-refractivity contribution is 5.79. The number of nitrogens with zero attached hydrogens (tertiary/aromatic N) is 2. The van der Waals surface area contributed by atoms with Crippen LogP contribution in [0.1, 0.15) is 38.2 Å². The quantitative estimate of drug-likeness (QED) is 0.619. The average molecular weight is 290 g/mol. The van der Waals surface area contributed by atoms with Crippen molar-refractivity contribution in [2.75, 3.05) is 13.7 Å². The van der Waals surface area contributed by atoms with Gasteiger partial charge in [0.1, 0.15) is 5.75 Å². The Bertz CT molecular complexity index is 485. The van der Waals surface area contributed by atoms with Crippen LogP contribution in [0.4, 0.5) is 0 Å². The first-order valence-electron chi connectivity index (χ1n) is 7.33. The molecule has 1 aliphatic rings. The van der Waals surface area contributed by atoms with Gasteiger partial charge in [-0.15, -0.1) is 0 Å². The molecule has 21 heavy (non-hydrogen) atoms. The average Bonchev–Trinajstić information content (AvgIpc) is 2.72. The third-order valence-electron chi connectivity index (χ3n) is 3.58. The molecule has 5 nitrogen and oxygen atoms in total. The minimum absolute atomic E-state index is 0.152. The van der Waals surface area contributed by atoms with Gasteiger partial charge in [-0.2, -0.15) is 0 Å². The first kappa shape index (κ1) is 15.4. The topological polar surface area (TPSA) is 51.1 Å². The van der Waals surface area contributed by atoms with Crippen molar-refractivity contribution in [2.45, 2.75) is 38.8 Å². The van der Waals surface area contributed by atoms with Crippen LogP contribution in [0.3, 0.4) is 0 Å². The van der Waals surface area contributed by atoms with E-state index in [1.165, 1.54) is 0 Å². The van der Waals surface area contributed by atoms with Crippen LogP contribution < -0.4 is 4.74 Å². The van der Waals surface area contributed by atoms with Gasteiger partial charge in [0.15, 0.2) is 6.23 Å². The van der Waals surface area contributed by atoms with Gasteiger partial charge in [0.05, 0.1) is 13.3 Å². The molecule has 0 N–H and O–H groups in total. The summed E-state index contributed by atoms with van der Waals surface area (Å²) in [6, 6.07) is 7.52. The molecule has 0 saturated carbocycles. The first-order chi connectivity index (χ1) is 10.2. The number of carbonyl (C=O) groups is 1. The summed E-state index contributed by atoms with van der Waals surface area (Å²) in [4.78, 5) is 19.1. The molecule has 1 aliphatic heterocycles. The summed E-state index contributed by atoms with van der Waals surface area (Å²) in [6.45, 7) is 2.60. The van der Waals surface area contributed by atoms with Crippen LogP contribution in [0.5, 0.6) is 5.75 Å². The number of hydrogen-bond donors (Lipinski definition) is 0. The van der Waals surface area contributed by atoms with E-state index in [0.29, 0.717) is 6.42 Å². The summed E-state index contributed by atoms with van der Waals surface area (Å²) >= 11 is 0. The largest absolute Gasteiger partial charge is 0.497 e. The predicted octanol–water partition coefficient (Wildman–Crippen LogP) is 2.79. The maximum absolute atomic E-state index is 11.9. The molecule has 114 valence electrons. The van der Waals surface area contributed by atoms with E-state index in [1.54, 1.807) is 18.2 Å². The van der Waals surface area contributed by atoms with Crippen LogP contribution in [0.25, 0.3) is 0 Å². The smallest absolute Gasteiger partial charge is 0.225 e. The molecule has 1 fully saturated rings. The van der Waals surface area contributed by atoms with E-state index < -0.39 is 0 Å². The number of rotatable bonds is 5. The summed E-state index contributed by atoms with van der Waals surface area (Å²) in [7, 11) is 1.63. The minimum Gasteiger partial charge on any atom is -0.497 e. The molecule has 1 atom stereocenters. The second kappa shape index (κ2) is 7.67. The highest BCUT2D eigenvalue weighted by Gasteiger charge is 2.22. The molecule has 1 amide bonds. The van der Waals surface area contributed by atoms with Crippen molar-refractivity contribution >= 4 is 12.1 Å². The lowest BCUT2D eigenvalue weighted by molar-refractivity contribution is -0.143. The Morgan fingerprint density at radius 1 is 1.24 bits per heavy atom. The Morgan fingerprint density at radius 3 is 2.71 bits per heavy atom. The number of carbonyl (C=O) groups excluding carboxylic acids is 1. The molecule has 0 bridgehead atoms. The lowest BCUT2D eigenvalue weighted by Crippen LogP contribution is -2.39. The van der Waals surface area contributed by atoms with Crippen LogP contribution in [-0.4, -0.2) is 36.9 Å². The predicted molar refractivity (Wildman–Crippen MR) is 81.3 cm³/mol. The molecule has 0 radical (unpaired) electrons.